The SMILES string of the molecule is CNCC1CCN(OOI)CC1. The van der Waals surface area contributed by atoms with Crippen LogP contribution in [0.15, 0.2) is 0 Å². The average molecular weight is 286 g/mol. The highest BCUT2D eigenvalue weighted by molar-refractivity contribution is 14.1. The lowest BCUT2D eigenvalue weighted by Gasteiger charge is -2.28. The fraction of sp³-hybridized carbons (Fsp3) is 1.00. The normalized spacial score (nSPS) is 21.5. The molecule has 5 heteroatoms. The Bertz CT molecular complexity index is 104. The monoisotopic (exact) mass is 286 g/mol. The van der Waals surface area contributed by atoms with E-state index in [1.807, 2.05) is 12.1 Å². The molecule has 1 rings (SSSR count). The Morgan fingerprint density at radius 1 is 1.50 bits per heavy atom. The molecule has 1 N–H and O–H groups in total. The lowest BCUT2D eigenvalue weighted by atomic mass is 9.98. The minimum Gasteiger partial charge on any atom is -0.319 e. The Morgan fingerprint density at radius 3 is 2.67 bits per heavy atom. The molecule has 0 aliphatic carbocycles. The molecule has 0 unspecified atom stereocenters. The molecule has 1 saturated heterocycles. The predicted octanol–water partition coefficient (Wildman–Crippen LogP) is 1.13. The van der Waals surface area contributed by atoms with Crippen LogP contribution in [-0.2, 0) is 8.21 Å². The van der Waals surface area contributed by atoms with Crippen LogP contribution < -0.4 is 5.32 Å². The van der Waals surface area contributed by atoms with Crippen LogP contribution in [0.2, 0.25) is 0 Å². The molecule has 0 aromatic rings. The Morgan fingerprint density at radius 2 is 2.17 bits per heavy atom. The molecule has 72 valence electrons. The minimum absolute atomic E-state index is 0.795. The van der Waals surface area contributed by atoms with Gasteiger partial charge in [-0.3, -0.25) is 0 Å². The third-order valence-electron chi connectivity index (χ3n) is 2.20. The second-order valence-corrected chi connectivity index (χ2v) is 3.43. The van der Waals surface area contributed by atoms with Gasteiger partial charge in [-0.1, -0.05) is 0 Å². The van der Waals surface area contributed by atoms with Gasteiger partial charge < -0.3 is 5.32 Å². The van der Waals surface area contributed by atoms with Crippen molar-refractivity contribution in [2.75, 3.05) is 26.7 Å². The summed E-state index contributed by atoms with van der Waals surface area (Å²) in [6.07, 6.45) is 2.36. The van der Waals surface area contributed by atoms with Crippen LogP contribution >= 0.6 is 23.0 Å². The first-order valence-electron chi connectivity index (χ1n) is 4.21. The second kappa shape index (κ2) is 6.09. The van der Waals surface area contributed by atoms with Gasteiger partial charge in [-0.25, -0.2) is 0 Å². The number of nitrogens with zero attached hydrogens (tertiary/aromatic N) is 1. The fourth-order valence-electron chi connectivity index (χ4n) is 1.52. The molecule has 0 aromatic carbocycles. The van der Waals surface area contributed by atoms with Crippen molar-refractivity contribution in [2.24, 2.45) is 5.92 Å². The Hall–Kier alpha value is 0.570. The van der Waals surface area contributed by atoms with Gasteiger partial charge in [0.15, 0.2) is 23.0 Å². The quantitative estimate of drug-likeness (QED) is 0.477. The zero-order valence-electron chi connectivity index (χ0n) is 7.25. The molecule has 0 spiro atoms. The summed E-state index contributed by atoms with van der Waals surface area (Å²) in [5.74, 6) is 0.795. The van der Waals surface area contributed by atoms with Gasteiger partial charge in [-0.05, 0) is 32.4 Å². The van der Waals surface area contributed by atoms with Gasteiger partial charge in [-0.15, -0.1) is 8.21 Å². The van der Waals surface area contributed by atoms with Crippen molar-refractivity contribution in [2.45, 2.75) is 12.8 Å². The van der Waals surface area contributed by atoms with Crippen LogP contribution in [0.4, 0.5) is 0 Å². The highest BCUT2D eigenvalue weighted by Gasteiger charge is 2.19. The van der Waals surface area contributed by atoms with E-state index in [9.17, 15) is 0 Å². The van der Waals surface area contributed by atoms with Crippen LogP contribution in [0, 0.1) is 5.92 Å². The topological polar surface area (TPSA) is 33.7 Å². The molecular formula is C7H15IN2O2. The number of hydroxylamine groups is 2. The van der Waals surface area contributed by atoms with E-state index in [2.05, 4.69) is 8.53 Å². The van der Waals surface area contributed by atoms with E-state index < -0.39 is 0 Å². The van der Waals surface area contributed by atoms with Gasteiger partial charge in [0.05, 0.1) is 0 Å². The first kappa shape index (κ1) is 10.6. The molecule has 1 aliphatic heterocycles. The number of halogens is 1. The van der Waals surface area contributed by atoms with Crippen molar-refractivity contribution in [1.29, 1.82) is 0 Å². The van der Waals surface area contributed by atoms with Gasteiger partial charge in [0, 0.05) is 13.1 Å². The highest BCUT2D eigenvalue weighted by atomic mass is 127. The molecule has 1 aliphatic rings. The van der Waals surface area contributed by atoms with Crippen molar-refractivity contribution in [3.8, 4) is 0 Å². The summed E-state index contributed by atoms with van der Waals surface area (Å²) in [5, 5.41) is 5.05. The van der Waals surface area contributed by atoms with Crippen molar-refractivity contribution >= 4 is 23.0 Å². The molecule has 12 heavy (non-hydrogen) atoms. The van der Waals surface area contributed by atoms with Crippen LogP contribution in [0.5, 0.6) is 0 Å². The molecule has 0 amide bonds. The minimum atomic E-state index is 0.795. The van der Waals surface area contributed by atoms with Crippen LogP contribution in [0.3, 0.4) is 0 Å². The first-order chi connectivity index (χ1) is 5.86. The Labute approximate surface area is 87.2 Å². The number of hydrogen-bond donors (Lipinski definition) is 1. The maximum Gasteiger partial charge on any atom is 0.157 e. The van der Waals surface area contributed by atoms with Crippen LogP contribution in [0.25, 0.3) is 0 Å². The molecule has 0 atom stereocenters. The lowest BCUT2D eigenvalue weighted by Crippen LogP contribution is -2.36. The maximum absolute atomic E-state index is 4.91. The molecule has 1 heterocycles. The summed E-state index contributed by atoms with van der Waals surface area (Å²) >= 11 is 1.74. The number of hydrogen-bond acceptors (Lipinski definition) is 4. The van der Waals surface area contributed by atoms with E-state index in [4.69, 9.17) is 4.99 Å². The van der Waals surface area contributed by atoms with E-state index in [0.717, 1.165) is 25.6 Å². The summed E-state index contributed by atoms with van der Waals surface area (Å²) < 4.78 is 4.56. The lowest BCUT2D eigenvalue weighted by molar-refractivity contribution is -0.349. The third kappa shape index (κ3) is 3.53. The standard InChI is InChI=1S/C7H15IN2O2/c1-9-6-7-2-4-10(5-3-7)12-11-8/h7,9H,2-6H2,1H3. The predicted molar refractivity (Wildman–Crippen MR) is 54.4 cm³/mol. The van der Waals surface area contributed by atoms with Gasteiger partial charge in [0.1, 0.15) is 0 Å². The highest BCUT2D eigenvalue weighted by Crippen LogP contribution is 2.16. The number of nitrogens with one attached hydrogen (secondary N) is 1. The summed E-state index contributed by atoms with van der Waals surface area (Å²) in [6.45, 7) is 3.05. The Balaban J connectivity index is 2.11. The largest absolute Gasteiger partial charge is 0.319 e. The number of piperidine rings is 1. The number of rotatable bonds is 4. The van der Waals surface area contributed by atoms with Crippen molar-refractivity contribution in [1.82, 2.24) is 10.4 Å². The van der Waals surface area contributed by atoms with E-state index >= 15 is 0 Å². The van der Waals surface area contributed by atoms with Crippen LogP contribution in [0.1, 0.15) is 12.8 Å². The zero-order chi connectivity index (χ0) is 8.81. The molecular weight excluding hydrogens is 271 g/mol. The van der Waals surface area contributed by atoms with Crippen molar-refractivity contribution in [3.05, 3.63) is 0 Å². The van der Waals surface area contributed by atoms with E-state index in [1.165, 1.54) is 12.8 Å². The van der Waals surface area contributed by atoms with Gasteiger partial charge in [0.2, 0.25) is 0 Å². The molecule has 4 nitrogen and oxygen atoms in total. The first-order valence-corrected chi connectivity index (χ1v) is 5.10. The molecule has 0 radical (unpaired) electrons. The van der Waals surface area contributed by atoms with E-state index in [-0.39, 0.29) is 0 Å². The molecule has 1 fully saturated rings. The van der Waals surface area contributed by atoms with E-state index in [1.54, 1.807) is 23.0 Å². The summed E-state index contributed by atoms with van der Waals surface area (Å²) in [6, 6.07) is 0. The molecule has 0 saturated carbocycles. The zero-order valence-corrected chi connectivity index (χ0v) is 9.41. The van der Waals surface area contributed by atoms with E-state index in [0.29, 0.717) is 0 Å². The molecule has 0 aromatic heterocycles. The van der Waals surface area contributed by atoms with Crippen molar-refractivity contribution < 1.29 is 8.21 Å². The van der Waals surface area contributed by atoms with Crippen LogP contribution in [-0.4, -0.2) is 31.7 Å². The summed E-state index contributed by atoms with van der Waals surface area (Å²) in [7, 11) is 2.00. The summed E-state index contributed by atoms with van der Waals surface area (Å²) in [5.41, 5.74) is 0. The van der Waals surface area contributed by atoms with Crippen molar-refractivity contribution in [3.63, 3.8) is 0 Å². The van der Waals surface area contributed by atoms with Gasteiger partial charge in [-0.2, -0.15) is 5.06 Å². The maximum atomic E-state index is 4.91. The average Bonchev–Trinajstić information content (AvgIpc) is 2.09. The van der Waals surface area contributed by atoms with Gasteiger partial charge >= 0.3 is 0 Å². The fourth-order valence-corrected chi connectivity index (χ4v) is 1.74. The second-order valence-electron chi connectivity index (χ2n) is 3.07. The van der Waals surface area contributed by atoms with Gasteiger partial charge in [0.25, 0.3) is 0 Å². The smallest absolute Gasteiger partial charge is 0.157 e. The third-order valence-corrected chi connectivity index (χ3v) is 2.36. The molecule has 0 bridgehead atoms. The Kier molecular flexibility index (Phi) is 5.40. The summed E-state index contributed by atoms with van der Waals surface area (Å²) in [4.78, 5) is 4.91.